The summed E-state index contributed by atoms with van der Waals surface area (Å²) in [6, 6.07) is 5.80. The summed E-state index contributed by atoms with van der Waals surface area (Å²) < 4.78 is 0. The molecule has 2 atom stereocenters. The van der Waals surface area contributed by atoms with Gasteiger partial charge >= 0.3 is 0 Å². The fraction of sp³-hybridized carbons (Fsp3) is 0.417. The molecule has 3 N–H and O–H groups in total. The maximum Gasteiger partial charge on any atom is 0.271 e. The Morgan fingerprint density at radius 2 is 2.22 bits per heavy atom. The number of benzene rings is 1. The van der Waals surface area contributed by atoms with Gasteiger partial charge in [-0.15, -0.1) is 0 Å². The Labute approximate surface area is 104 Å². The van der Waals surface area contributed by atoms with Gasteiger partial charge in [0.15, 0.2) is 0 Å². The molecule has 1 saturated carbocycles. The van der Waals surface area contributed by atoms with Crippen LogP contribution in [0, 0.1) is 16.0 Å². The van der Waals surface area contributed by atoms with E-state index in [4.69, 9.17) is 5.73 Å². The van der Waals surface area contributed by atoms with E-state index >= 15 is 0 Å². The Hall–Kier alpha value is -1.95. The maximum absolute atomic E-state index is 11.9. The van der Waals surface area contributed by atoms with Crippen molar-refractivity contribution in [3.63, 3.8) is 0 Å². The van der Waals surface area contributed by atoms with E-state index in [1.165, 1.54) is 12.1 Å². The van der Waals surface area contributed by atoms with Crippen LogP contribution >= 0.6 is 0 Å². The van der Waals surface area contributed by atoms with E-state index in [0.29, 0.717) is 5.69 Å². The summed E-state index contributed by atoms with van der Waals surface area (Å²) in [5.74, 6) is -0.343. The third-order valence-corrected chi connectivity index (χ3v) is 3.23. The summed E-state index contributed by atoms with van der Waals surface area (Å²) >= 11 is 0. The number of amides is 1. The fourth-order valence-electron chi connectivity index (χ4n) is 2.25. The standard InChI is InChI=1S/C12H15N3O3/c13-11-6-2-5-10(11)12(16)14-8-3-1-4-9(7-8)15(17)18/h1,3-4,7,10-11H,2,5-6,13H2,(H,14,16). The van der Waals surface area contributed by atoms with E-state index < -0.39 is 4.92 Å². The normalized spacial score (nSPS) is 22.7. The highest BCUT2D eigenvalue weighted by Gasteiger charge is 2.30. The van der Waals surface area contributed by atoms with Crippen LogP contribution in [-0.2, 0) is 4.79 Å². The number of nitrogens with two attached hydrogens (primary N) is 1. The summed E-state index contributed by atoms with van der Waals surface area (Å²) in [5, 5.41) is 13.3. The average molecular weight is 249 g/mol. The second kappa shape index (κ2) is 5.14. The number of nitro groups is 1. The van der Waals surface area contributed by atoms with Crippen molar-refractivity contribution >= 4 is 17.3 Å². The van der Waals surface area contributed by atoms with E-state index in [1.54, 1.807) is 12.1 Å². The molecule has 1 fully saturated rings. The molecular formula is C12H15N3O3. The van der Waals surface area contributed by atoms with Gasteiger partial charge in [-0.3, -0.25) is 14.9 Å². The Balaban J connectivity index is 2.07. The van der Waals surface area contributed by atoms with Crippen LogP contribution < -0.4 is 11.1 Å². The first-order valence-electron chi connectivity index (χ1n) is 5.89. The highest BCUT2D eigenvalue weighted by molar-refractivity contribution is 5.93. The lowest BCUT2D eigenvalue weighted by Crippen LogP contribution is -2.34. The van der Waals surface area contributed by atoms with E-state index in [-0.39, 0.29) is 23.6 Å². The van der Waals surface area contributed by atoms with Crippen LogP contribution in [0.4, 0.5) is 11.4 Å². The SMILES string of the molecule is NC1CCCC1C(=O)Nc1cccc([N+](=O)[O-])c1. The summed E-state index contributed by atoms with van der Waals surface area (Å²) in [7, 11) is 0. The van der Waals surface area contributed by atoms with Gasteiger partial charge in [-0.05, 0) is 18.9 Å². The van der Waals surface area contributed by atoms with Gasteiger partial charge < -0.3 is 11.1 Å². The third-order valence-electron chi connectivity index (χ3n) is 3.23. The minimum Gasteiger partial charge on any atom is -0.327 e. The van der Waals surface area contributed by atoms with Crippen LogP contribution in [-0.4, -0.2) is 16.9 Å². The fourth-order valence-corrected chi connectivity index (χ4v) is 2.25. The molecule has 0 saturated heterocycles. The first-order valence-corrected chi connectivity index (χ1v) is 5.89. The van der Waals surface area contributed by atoms with Gasteiger partial charge in [0.05, 0.1) is 10.8 Å². The Morgan fingerprint density at radius 1 is 1.44 bits per heavy atom. The van der Waals surface area contributed by atoms with Crippen molar-refractivity contribution in [3.8, 4) is 0 Å². The molecule has 6 nitrogen and oxygen atoms in total. The van der Waals surface area contributed by atoms with E-state index in [2.05, 4.69) is 5.32 Å². The van der Waals surface area contributed by atoms with Crippen molar-refractivity contribution < 1.29 is 9.72 Å². The molecule has 1 aliphatic carbocycles. The van der Waals surface area contributed by atoms with Crippen molar-refractivity contribution in [1.82, 2.24) is 0 Å². The van der Waals surface area contributed by atoms with Crippen molar-refractivity contribution in [2.24, 2.45) is 11.7 Å². The number of nitro benzene ring substituents is 1. The van der Waals surface area contributed by atoms with Gasteiger partial charge in [-0.1, -0.05) is 12.5 Å². The molecule has 0 radical (unpaired) electrons. The van der Waals surface area contributed by atoms with Crippen molar-refractivity contribution in [3.05, 3.63) is 34.4 Å². The molecule has 2 unspecified atom stereocenters. The number of carbonyl (C=O) groups excluding carboxylic acids is 1. The Kier molecular flexibility index (Phi) is 3.57. The number of carbonyl (C=O) groups is 1. The van der Waals surface area contributed by atoms with Crippen LogP contribution in [0.25, 0.3) is 0 Å². The largest absolute Gasteiger partial charge is 0.327 e. The number of non-ortho nitro benzene ring substituents is 1. The summed E-state index contributed by atoms with van der Waals surface area (Å²) in [6.45, 7) is 0. The topological polar surface area (TPSA) is 98.3 Å². The lowest BCUT2D eigenvalue weighted by Gasteiger charge is -2.14. The minimum atomic E-state index is -0.489. The van der Waals surface area contributed by atoms with Crippen LogP contribution in [0.2, 0.25) is 0 Å². The molecule has 0 aromatic heterocycles. The van der Waals surface area contributed by atoms with Crippen LogP contribution in [0.3, 0.4) is 0 Å². The molecule has 1 aliphatic rings. The van der Waals surface area contributed by atoms with Crippen molar-refractivity contribution in [2.75, 3.05) is 5.32 Å². The summed E-state index contributed by atoms with van der Waals surface area (Å²) in [6.07, 6.45) is 2.59. The predicted molar refractivity (Wildman–Crippen MR) is 67.0 cm³/mol. The average Bonchev–Trinajstić information content (AvgIpc) is 2.76. The molecule has 6 heteroatoms. The number of rotatable bonds is 3. The lowest BCUT2D eigenvalue weighted by atomic mass is 10.0. The van der Waals surface area contributed by atoms with Gasteiger partial charge in [0.2, 0.25) is 5.91 Å². The van der Waals surface area contributed by atoms with Gasteiger partial charge in [0, 0.05) is 23.9 Å². The molecule has 2 rings (SSSR count). The molecule has 18 heavy (non-hydrogen) atoms. The Morgan fingerprint density at radius 3 is 2.83 bits per heavy atom. The maximum atomic E-state index is 11.9. The van der Waals surface area contributed by atoms with E-state index in [0.717, 1.165) is 19.3 Å². The first-order chi connectivity index (χ1) is 8.58. The molecule has 0 bridgehead atoms. The van der Waals surface area contributed by atoms with Crippen LogP contribution in [0.1, 0.15) is 19.3 Å². The zero-order chi connectivity index (χ0) is 13.1. The minimum absolute atomic E-state index is 0.0384. The molecule has 0 heterocycles. The zero-order valence-corrected chi connectivity index (χ0v) is 9.83. The second-order valence-corrected chi connectivity index (χ2v) is 4.50. The number of anilines is 1. The summed E-state index contributed by atoms with van der Waals surface area (Å²) in [4.78, 5) is 22.1. The number of nitrogens with one attached hydrogen (secondary N) is 1. The number of nitrogens with zero attached hydrogens (tertiary/aromatic N) is 1. The highest BCUT2D eigenvalue weighted by atomic mass is 16.6. The Bertz CT molecular complexity index is 475. The molecule has 0 aliphatic heterocycles. The zero-order valence-electron chi connectivity index (χ0n) is 9.83. The second-order valence-electron chi connectivity index (χ2n) is 4.50. The van der Waals surface area contributed by atoms with E-state index in [1.807, 2.05) is 0 Å². The monoisotopic (exact) mass is 249 g/mol. The molecular weight excluding hydrogens is 234 g/mol. The third kappa shape index (κ3) is 2.65. The molecule has 1 aromatic carbocycles. The van der Waals surface area contributed by atoms with Gasteiger partial charge in [0.25, 0.3) is 5.69 Å². The van der Waals surface area contributed by atoms with Crippen molar-refractivity contribution in [1.29, 1.82) is 0 Å². The molecule has 0 spiro atoms. The summed E-state index contributed by atoms with van der Waals surface area (Å²) in [5.41, 5.74) is 6.24. The van der Waals surface area contributed by atoms with Gasteiger partial charge in [-0.2, -0.15) is 0 Å². The van der Waals surface area contributed by atoms with E-state index in [9.17, 15) is 14.9 Å². The van der Waals surface area contributed by atoms with Crippen molar-refractivity contribution in [2.45, 2.75) is 25.3 Å². The van der Waals surface area contributed by atoms with Crippen LogP contribution in [0.15, 0.2) is 24.3 Å². The molecule has 1 aromatic rings. The number of hydrogen-bond acceptors (Lipinski definition) is 4. The molecule has 1 amide bonds. The smallest absolute Gasteiger partial charge is 0.271 e. The quantitative estimate of drug-likeness (QED) is 0.628. The molecule has 96 valence electrons. The highest BCUT2D eigenvalue weighted by Crippen LogP contribution is 2.26. The number of hydrogen-bond donors (Lipinski definition) is 2. The van der Waals surface area contributed by atoms with Gasteiger partial charge in [0.1, 0.15) is 0 Å². The van der Waals surface area contributed by atoms with Gasteiger partial charge in [-0.25, -0.2) is 0 Å². The lowest BCUT2D eigenvalue weighted by molar-refractivity contribution is -0.384. The first kappa shape index (κ1) is 12.5. The van der Waals surface area contributed by atoms with Crippen LogP contribution in [0.5, 0.6) is 0 Å². The predicted octanol–water partition coefficient (Wildman–Crippen LogP) is 1.66.